The molecule has 134 valence electrons. The summed E-state index contributed by atoms with van der Waals surface area (Å²) in [6.45, 7) is 1.56. The van der Waals surface area contributed by atoms with Gasteiger partial charge in [0.1, 0.15) is 17.3 Å². The highest BCUT2D eigenvalue weighted by Gasteiger charge is 2.36. The monoisotopic (exact) mass is 354 g/mol. The average molecular weight is 354 g/mol. The number of anilines is 1. The van der Waals surface area contributed by atoms with Gasteiger partial charge in [-0.15, -0.1) is 0 Å². The number of nitrogens with zero attached hydrogens (tertiary/aromatic N) is 4. The van der Waals surface area contributed by atoms with Crippen molar-refractivity contribution in [3.63, 3.8) is 0 Å². The van der Waals surface area contributed by atoms with Gasteiger partial charge in [-0.1, -0.05) is 6.92 Å². The molecule has 2 heterocycles. The summed E-state index contributed by atoms with van der Waals surface area (Å²) >= 11 is 0. The van der Waals surface area contributed by atoms with Crippen LogP contribution in [0.3, 0.4) is 0 Å². The number of amidine groups is 1. The summed E-state index contributed by atoms with van der Waals surface area (Å²) in [6, 6.07) is 5.82. The normalized spacial score (nSPS) is 15.8. The van der Waals surface area contributed by atoms with Crippen molar-refractivity contribution in [2.75, 3.05) is 4.90 Å². The lowest BCUT2D eigenvalue weighted by Gasteiger charge is -2.30. The summed E-state index contributed by atoms with van der Waals surface area (Å²) in [5.41, 5.74) is 1.41. The largest absolute Gasteiger partial charge is 0.391 e. The first-order chi connectivity index (χ1) is 11.8. The molecule has 1 aromatic heterocycles. The Morgan fingerprint density at radius 2 is 1.88 bits per heavy atom. The van der Waals surface area contributed by atoms with Gasteiger partial charge in [-0.3, -0.25) is 0 Å². The molecular weight excluding hydrogens is 336 g/mol. The number of fused-ring (bicyclic) bond motifs is 1. The van der Waals surface area contributed by atoms with Crippen LogP contribution in [0.25, 0.3) is 0 Å². The van der Waals surface area contributed by atoms with E-state index in [1.165, 1.54) is 19.1 Å². The minimum atomic E-state index is -4.23. The number of hydrogen-bond acceptors (Lipinski definition) is 3. The maximum absolute atomic E-state index is 13.2. The minimum absolute atomic E-state index is 0.0623. The van der Waals surface area contributed by atoms with Gasteiger partial charge < -0.3 is 9.47 Å². The number of aliphatic imine (C=N–C) groups is 1. The van der Waals surface area contributed by atoms with Gasteiger partial charge in [-0.05, 0) is 30.7 Å². The van der Waals surface area contributed by atoms with E-state index in [0.29, 0.717) is 23.9 Å². The Morgan fingerprint density at radius 1 is 1.20 bits per heavy atom. The molecule has 0 fully saturated rings. The Morgan fingerprint density at radius 3 is 2.52 bits per heavy atom. The molecule has 1 atom stereocenters. The van der Waals surface area contributed by atoms with E-state index in [4.69, 9.17) is 0 Å². The first-order valence-electron chi connectivity index (χ1n) is 7.93. The summed E-state index contributed by atoms with van der Waals surface area (Å²) in [5.74, 6) is -0.617. The molecule has 0 N–H and O–H groups in total. The number of alkyl halides is 3. The van der Waals surface area contributed by atoms with Crippen molar-refractivity contribution >= 4 is 17.3 Å². The maximum atomic E-state index is 13.2. The smallest absolute Gasteiger partial charge is 0.324 e. The van der Waals surface area contributed by atoms with Gasteiger partial charge >= 0.3 is 6.18 Å². The molecule has 4 nitrogen and oxygen atoms in total. The highest BCUT2D eigenvalue weighted by atomic mass is 19.4. The van der Waals surface area contributed by atoms with Crippen LogP contribution in [0.2, 0.25) is 0 Å². The zero-order valence-electron chi connectivity index (χ0n) is 13.9. The first-order valence-corrected chi connectivity index (χ1v) is 7.93. The Bertz CT molecular complexity index is 777. The van der Waals surface area contributed by atoms with Crippen LogP contribution in [0.5, 0.6) is 0 Å². The zero-order valence-corrected chi connectivity index (χ0v) is 13.9. The van der Waals surface area contributed by atoms with Crippen LogP contribution in [0, 0.1) is 11.7 Å². The molecule has 0 saturated heterocycles. The Kier molecular flexibility index (Phi) is 4.53. The van der Waals surface area contributed by atoms with E-state index in [-0.39, 0.29) is 18.7 Å². The molecule has 0 aliphatic carbocycles. The van der Waals surface area contributed by atoms with E-state index in [1.807, 2.05) is 0 Å². The number of aryl methyl sites for hydroxylation is 1. The van der Waals surface area contributed by atoms with Crippen molar-refractivity contribution in [3.8, 4) is 0 Å². The highest BCUT2D eigenvalue weighted by molar-refractivity contribution is 6.00. The third kappa shape index (κ3) is 3.67. The number of rotatable bonds is 4. The van der Waals surface area contributed by atoms with Crippen molar-refractivity contribution in [1.29, 1.82) is 0 Å². The van der Waals surface area contributed by atoms with E-state index < -0.39 is 12.1 Å². The fourth-order valence-electron chi connectivity index (χ4n) is 2.71. The molecule has 0 saturated carbocycles. The number of imidazole rings is 1. The third-order valence-electron chi connectivity index (χ3n) is 4.33. The second-order valence-electron chi connectivity index (χ2n) is 6.20. The van der Waals surface area contributed by atoms with E-state index in [1.54, 1.807) is 35.0 Å². The molecule has 1 aromatic carbocycles. The Labute approximate surface area is 142 Å². The van der Waals surface area contributed by atoms with Crippen molar-refractivity contribution < 1.29 is 17.6 Å². The predicted molar refractivity (Wildman–Crippen MR) is 87.3 cm³/mol. The van der Waals surface area contributed by atoms with Crippen molar-refractivity contribution in [3.05, 3.63) is 42.1 Å². The highest BCUT2D eigenvalue weighted by Crippen LogP contribution is 2.33. The fraction of sp³-hybridized carbons (Fsp3) is 0.412. The van der Waals surface area contributed by atoms with E-state index in [2.05, 4.69) is 9.98 Å². The second-order valence-corrected chi connectivity index (χ2v) is 6.20. The van der Waals surface area contributed by atoms with Crippen LogP contribution in [0.1, 0.15) is 25.5 Å². The average Bonchev–Trinajstić information content (AvgIpc) is 2.92. The molecule has 1 aliphatic heterocycles. The molecule has 8 heteroatoms. The quantitative estimate of drug-likeness (QED) is 0.753. The van der Waals surface area contributed by atoms with Crippen molar-refractivity contribution in [2.45, 2.75) is 32.5 Å². The van der Waals surface area contributed by atoms with Crippen LogP contribution in [0.4, 0.5) is 29.1 Å². The molecule has 1 aliphatic rings. The van der Waals surface area contributed by atoms with Gasteiger partial charge in [0.05, 0.1) is 18.8 Å². The SMILES string of the molecule is CC(CCC1=Nc2c(ncn2C)CN1c1ccc(F)cc1)C(F)(F)F. The number of aromatic nitrogens is 2. The number of benzene rings is 1. The standard InChI is InChI=1S/C17H18F4N4/c1-11(17(19,20)21)3-8-15-23-16-14(22-10-24(16)2)9-25(15)13-6-4-12(18)5-7-13/h4-7,10-11H,3,8-9H2,1-2H3. The molecule has 0 amide bonds. The van der Waals surface area contributed by atoms with Crippen LogP contribution < -0.4 is 4.90 Å². The van der Waals surface area contributed by atoms with Crippen LogP contribution in [-0.2, 0) is 13.6 Å². The summed E-state index contributed by atoms with van der Waals surface area (Å²) in [7, 11) is 1.79. The van der Waals surface area contributed by atoms with Gasteiger partial charge in [0.15, 0.2) is 5.82 Å². The zero-order chi connectivity index (χ0) is 18.2. The van der Waals surface area contributed by atoms with Crippen LogP contribution >= 0.6 is 0 Å². The molecule has 25 heavy (non-hydrogen) atoms. The van der Waals surface area contributed by atoms with Crippen LogP contribution in [0.15, 0.2) is 35.6 Å². The van der Waals surface area contributed by atoms with Gasteiger partial charge in [-0.25, -0.2) is 14.4 Å². The lowest BCUT2D eigenvalue weighted by atomic mass is 10.0. The maximum Gasteiger partial charge on any atom is 0.391 e. The Balaban J connectivity index is 1.89. The molecule has 3 rings (SSSR count). The lowest BCUT2D eigenvalue weighted by Crippen LogP contribution is -2.34. The summed E-state index contributed by atoms with van der Waals surface area (Å²) < 4.78 is 53.4. The summed E-state index contributed by atoms with van der Waals surface area (Å²) in [6.07, 6.45) is -2.50. The molecule has 2 aromatic rings. The fourth-order valence-corrected chi connectivity index (χ4v) is 2.71. The van der Waals surface area contributed by atoms with Gasteiger partial charge in [0, 0.05) is 19.2 Å². The predicted octanol–water partition coefficient (Wildman–Crippen LogP) is 4.59. The van der Waals surface area contributed by atoms with E-state index in [0.717, 1.165) is 5.69 Å². The molecule has 0 spiro atoms. The third-order valence-corrected chi connectivity index (χ3v) is 4.33. The molecular formula is C17H18F4N4. The van der Waals surface area contributed by atoms with E-state index >= 15 is 0 Å². The van der Waals surface area contributed by atoms with E-state index in [9.17, 15) is 17.6 Å². The minimum Gasteiger partial charge on any atom is -0.324 e. The number of halogens is 4. The van der Waals surface area contributed by atoms with Gasteiger partial charge in [0.25, 0.3) is 0 Å². The topological polar surface area (TPSA) is 33.4 Å². The lowest BCUT2D eigenvalue weighted by molar-refractivity contribution is -0.170. The van der Waals surface area contributed by atoms with Gasteiger partial charge in [0.2, 0.25) is 0 Å². The second kappa shape index (κ2) is 6.50. The first kappa shape index (κ1) is 17.4. The number of hydrogen-bond donors (Lipinski definition) is 0. The summed E-state index contributed by atoms with van der Waals surface area (Å²) in [4.78, 5) is 10.6. The van der Waals surface area contributed by atoms with Crippen molar-refractivity contribution in [2.24, 2.45) is 18.0 Å². The Hall–Kier alpha value is -2.38. The van der Waals surface area contributed by atoms with Gasteiger partial charge in [-0.2, -0.15) is 13.2 Å². The van der Waals surface area contributed by atoms with Crippen molar-refractivity contribution in [1.82, 2.24) is 9.55 Å². The molecule has 0 bridgehead atoms. The molecule has 1 unspecified atom stereocenters. The summed E-state index contributed by atoms with van der Waals surface area (Å²) in [5, 5.41) is 0. The molecule has 0 radical (unpaired) electrons. The van der Waals surface area contributed by atoms with Crippen LogP contribution in [-0.4, -0.2) is 21.6 Å².